The van der Waals surface area contributed by atoms with Crippen molar-refractivity contribution in [2.45, 2.75) is 39.7 Å². The first-order valence-corrected chi connectivity index (χ1v) is 10.2. The molecule has 0 amide bonds. The van der Waals surface area contributed by atoms with E-state index in [1.807, 2.05) is 6.07 Å². The molecule has 29 heavy (non-hydrogen) atoms. The Morgan fingerprint density at radius 1 is 1.21 bits per heavy atom. The van der Waals surface area contributed by atoms with Crippen molar-refractivity contribution in [3.8, 4) is 0 Å². The minimum atomic E-state index is 0. The molecule has 0 atom stereocenters. The van der Waals surface area contributed by atoms with Crippen LogP contribution in [0.4, 0.5) is 0 Å². The second kappa shape index (κ2) is 11.0. The van der Waals surface area contributed by atoms with Gasteiger partial charge in [0.1, 0.15) is 6.26 Å². The summed E-state index contributed by atoms with van der Waals surface area (Å²) >= 11 is 0. The van der Waals surface area contributed by atoms with E-state index in [-0.39, 0.29) is 29.4 Å². The molecule has 0 radical (unpaired) electrons. The van der Waals surface area contributed by atoms with Gasteiger partial charge in [-0.2, -0.15) is 0 Å². The Hall–Kier alpha value is -1.61. The summed E-state index contributed by atoms with van der Waals surface area (Å²) in [5.74, 6) is 1.02. The first-order chi connectivity index (χ1) is 13.5. The molecule has 7 heteroatoms. The number of nitrogens with one attached hydrogen (secondary N) is 1. The summed E-state index contributed by atoms with van der Waals surface area (Å²) in [5, 5.41) is 7.50. The molecule has 3 rings (SSSR count). The lowest BCUT2D eigenvalue weighted by molar-refractivity contribution is 0.169. The largest absolute Gasteiger partial charge is 0.364 e. The summed E-state index contributed by atoms with van der Waals surface area (Å²) in [5.41, 5.74) is 3.63. The number of piperazine rings is 1. The zero-order chi connectivity index (χ0) is 20.0. The summed E-state index contributed by atoms with van der Waals surface area (Å²) in [6.45, 7) is 15.2. The number of halogens is 1. The molecule has 2 aromatic rings. The highest BCUT2D eigenvalue weighted by Crippen LogP contribution is 2.24. The zero-order valence-corrected chi connectivity index (χ0v) is 20.3. The molecule has 1 aromatic heterocycles. The van der Waals surface area contributed by atoms with Gasteiger partial charge < -0.3 is 14.7 Å². The van der Waals surface area contributed by atoms with Crippen molar-refractivity contribution in [3.63, 3.8) is 0 Å². The molecule has 1 saturated heterocycles. The van der Waals surface area contributed by atoms with Gasteiger partial charge >= 0.3 is 0 Å². The number of aliphatic imine (C=N–C) groups is 1. The van der Waals surface area contributed by atoms with Gasteiger partial charge in [-0.1, -0.05) is 48.8 Å². The van der Waals surface area contributed by atoms with E-state index in [4.69, 9.17) is 9.52 Å². The Labute approximate surface area is 191 Å². The molecule has 2 heterocycles. The van der Waals surface area contributed by atoms with Crippen molar-refractivity contribution < 1.29 is 4.52 Å². The average Bonchev–Trinajstić information content (AvgIpc) is 3.19. The van der Waals surface area contributed by atoms with Crippen LogP contribution in [0.25, 0.3) is 0 Å². The smallest absolute Gasteiger partial charge is 0.194 e. The van der Waals surface area contributed by atoms with Crippen molar-refractivity contribution >= 4 is 29.9 Å². The third kappa shape index (κ3) is 6.70. The van der Waals surface area contributed by atoms with Crippen molar-refractivity contribution in [3.05, 3.63) is 53.4 Å². The van der Waals surface area contributed by atoms with Crippen LogP contribution in [0.3, 0.4) is 0 Å². The maximum atomic E-state index is 5.00. The number of rotatable bonds is 6. The highest BCUT2D eigenvalue weighted by molar-refractivity contribution is 14.0. The van der Waals surface area contributed by atoms with E-state index in [0.717, 1.165) is 57.5 Å². The second-order valence-electron chi connectivity index (χ2n) is 8.18. The number of hydrogen-bond donors (Lipinski definition) is 1. The zero-order valence-electron chi connectivity index (χ0n) is 18.0. The van der Waals surface area contributed by atoms with Crippen molar-refractivity contribution in [2.75, 3.05) is 39.3 Å². The first kappa shape index (κ1) is 23.7. The fourth-order valence-corrected chi connectivity index (χ4v) is 3.52. The quantitative estimate of drug-likeness (QED) is 0.365. The molecule has 1 N–H and O–H groups in total. The Balaban J connectivity index is 0.00000300. The van der Waals surface area contributed by atoms with Crippen LogP contribution in [0.15, 0.2) is 46.1 Å². The molecule has 1 aromatic carbocycles. The van der Waals surface area contributed by atoms with Crippen LogP contribution in [0.5, 0.6) is 0 Å². The summed E-state index contributed by atoms with van der Waals surface area (Å²) in [6.07, 6.45) is 1.64. The highest BCUT2D eigenvalue weighted by atomic mass is 127. The summed E-state index contributed by atoms with van der Waals surface area (Å²) in [4.78, 5) is 9.78. The Kier molecular flexibility index (Phi) is 8.95. The second-order valence-corrected chi connectivity index (χ2v) is 8.18. The highest BCUT2D eigenvalue weighted by Gasteiger charge is 2.23. The van der Waals surface area contributed by atoms with Crippen LogP contribution in [-0.2, 0) is 12.0 Å². The van der Waals surface area contributed by atoms with Crippen LogP contribution in [0.1, 0.15) is 37.6 Å². The standard InChI is InChI=1S/C22H33N5O.HI/c1-5-23-21(24-17-22(3,4)19-8-6-7-18(2)15-19)27-12-10-26(11-13-27)16-20-9-14-28-25-20;/h6-9,14-15H,5,10-13,16-17H2,1-4H3,(H,23,24);1H. The minimum Gasteiger partial charge on any atom is -0.364 e. The Morgan fingerprint density at radius 2 is 1.97 bits per heavy atom. The lowest BCUT2D eigenvalue weighted by Gasteiger charge is -2.36. The molecule has 1 aliphatic heterocycles. The van der Waals surface area contributed by atoms with E-state index >= 15 is 0 Å². The molecule has 0 spiro atoms. The van der Waals surface area contributed by atoms with Gasteiger partial charge in [0.05, 0.1) is 12.2 Å². The Morgan fingerprint density at radius 3 is 2.59 bits per heavy atom. The van der Waals surface area contributed by atoms with Gasteiger partial charge in [0.15, 0.2) is 5.96 Å². The van der Waals surface area contributed by atoms with Gasteiger partial charge in [0, 0.05) is 50.7 Å². The van der Waals surface area contributed by atoms with E-state index < -0.39 is 0 Å². The first-order valence-electron chi connectivity index (χ1n) is 10.2. The molecule has 0 bridgehead atoms. The van der Waals surface area contributed by atoms with Gasteiger partial charge in [-0.3, -0.25) is 9.89 Å². The van der Waals surface area contributed by atoms with Crippen molar-refractivity contribution in [1.29, 1.82) is 0 Å². The number of benzene rings is 1. The molecule has 6 nitrogen and oxygen atoms in total. The monoisotopic (exact) mass is 511 g/mol. The van der Waals surface area contributed by atoms with Crippen LogP contribution in [-0.4, -0.2) is 60.2 Å². The van der Waals surface area contributed by atoms with E-state index in [2.05, 4.69) is 72.2 Å². The van der Waals surface area contributed by atoms with E-state index in [0.29, 0.717) is 0 Å². The SMILES string of the molecule is CCNC(=NCC(C)(C)c1cccc(C)c1)N1CCN(Cc2ccon2)CC1.I. The summed E-state index contributed by atoms with van der Waals surface area (Å²) in [7, 11) is 0. The summed E-state index contributed by atoms with van der Waals surface area (Å²) < 4.78 is 4.94. The van der Waals surface area contributed by atoms with E-state index in [9.17, 15) is 0 Å². The molecule has 1 fully saturated rings. The molecule has 1 aliphatic rings. The van der Waals surface area contributed by atoms with Gasteiger partial charge in [-0.25, -0.2) is 0 Å². The van der Waals surface area contributed by atoms with Gasteiger partial charge in [0.25, 0.3) is 0 Å². The minimum absolute atomic E-state index is 0. The molecule has 0 aliphatic carbocycles. The normalized spacial score (nSPS) is 15.9. The van der Waals surface area contributed by atoms with Crippen LogP contribution in [0, 0.1) is 6.92 Å². The number of aromatic nitrogens is 1. The van der Waals surface area contributed by atoms with Crippen LogP contribution >= 0.6 is 24.0 Å². The van der Waals surface area contributed by atoms with Crippen molar-refractivity contribution in [1.82, 2.24) is 20.3 Å². The number of nitrogens with zero attached hydrogens (tertiary/aromatic N) is 4. The lowest BCUT2D eigenvalue weighted by atomic mass is 9.84. The molecular weight excluding hydrogens is 477 g/mol. The van der Waals surface area contributed by atoms with Gasteiger partial charge in [-0.15, -0.1) is 24.0 Å². The maximum absolute atomic E-state index is 5.00. The Bertz CT molecular complexity index is 767. The predicted octanol–water partition coefficient (Wildman–Crippen LogP) is 3.66. The number of aryl methyl sites for hydroxylation is 1. The molecule has 0 saturated carbocycles. The van der Waals surface area contributed by atoms with E-state index in [1.165, 1.54) is 11.1 Å². The number of guanidine groups is 1. The fourth-order valence-electron chi connectivity index (χ4n) is 3.52. The van der Waals surface area contributed by atoms with Crippen LogP contribution < -0.4 is 5.32 Å². The van der Waals surface area contributed by atoms with E-state index in [1.54, 1.807) is 6.26 Å². The molecule has 160 valence electrons. The predicted molar refractivity (Wildman–Crippen MR) is 129 cm³/mol. The average molecular weight is 511 g/mol. The lowest BCUT2D eigenvalue weighted by Crippen LogP contribution is -2.52. The number of hydrogen-bond acceptors (Lipinski definition) is 4. The van der Waals surface area contributed by atoms with Gasteiger partial charge in [-0.05, 0) is 19.4 Å². The van der Waals surface area contributed by atoms with Gasteiger partial charge in [0.2, 0.25) is 0 Å². The molecule has 0 unspecified atom stereocenters. The van der Waals surface area contributed by atoms with Crippen molar-refractivity contribution in [2.24, 2.45) is 4.99 Å². The third-order valence-electron chi connectivity index (χ3n) is 5.31. The fraction of sp³-hybridized carbons (Fsp3) is 0.545. The topological polar surface area (TPSA) is 56.9 Å². The summed E-state index contributed by atoms with van der Waals surface area (Å²) in [6, 6.07) is 10.7. The molecular formula is C22H34IN5O. The third-order valence-corrected chi connectivity index (χ3v) is 5.31. The maximum Gasteiger partial charge on any atom is 0.194 e. The van der Waals surface area contributed by atoms with Crippen LogP contribution in [0.2, 0.25) is 0 Å².